The second-order valence-corrected chi connectivity index (χ2v) is 5.93. The van der Waals surface area contributed by atoms with Crippen LogP contribution in [0.3, 0.4) is 0 Å². The Bertz CT molecular complexity index is 1040. The van der Waals surface area contributed by atoms with Crippen molar-refractivity contribution in [2.24, 2.45) is 0 Å². The molecule has 0 radical (unpaired) electrons. The smallest absolute Gasteiger partial charge is 0.434 e. The lowest BCUT2D eigenvalue weighted by molar-refractivity contribution is -0.143. The van der Waals surface area contributed by atoms with E-state index in [0.717, 1.165) is 6.20 Å². The maximum atomic E-state index is 13.5. The van der Waals surface area contributed by atoms with Crippen LogP contribution in [0.25, 0.3) is 5.69 Å². The molecule has 0 saturated heterocycles. The van der Waals surface area contributed by atoms with Crippen molar-refractivity contribution in [1.29, 1.82) is 0 Å². The second kappa shape index (κ2) is 7.82. The SMILES string of the molecule is CCOC(=O)c1cnn(-c2ccc(NC(=O)c3ccoc3C)cc2)c1C(F)(F)F. The topological polar surface area (TPSA) is 86.4 Å². The standard InChI is InChI=1S/C19H16F3N3O4/c1-3-28-18(27)15-10-23-25(16(15)19(20,21)22)13-6-4-12(5-7-13)24-17(26)14-8-9-29-11(14)2/h4-10H,3H2,1-2H3,(H,24,26). The van der Waals surface area contributed by atoms with E-state index in [1.807, 2.05) is 0 Å². The molecular formula is C19H16F3N3O4. The van der Waals surface area contributed by atoms with Gasteiger partial charge in [0.1, 0.15) is 11.3 Å². The molecule has 0 unspecified atom stereocenters. The number of furan rings is 1. The fourth-order valence-corrected chi connectivity index (χ4v) is 2.68. The molecule has 0 saturated carbocycles. The average Bonchev–Trinajstić information content (AvgIpc) is 3.28. The van der Waals surface area contributed by atoms with Gasteiger partial charge in [-0.05, 0) is 44.2 Å². The van der Waals surface area contributed by atoms with Gasteiger partial charge in [-0.25, -0.2) is 9.48 Å². The number of aromatic nitrogens is 2. The number of halogens is 3. The number of carbonyl (C=O) groups excluding carboxylic acids is 2. The number of ether oxygens (including phenoxy) is 1. The van der Waals surface area contributed by atoms with Crippen LogP contribution in [0, 0.1) is 6.92 Å². The van der Waals surface area contributed by atoms with Gasteiger partial charge in [0.15, 0.2) is 5.69 Å². The van der Waals surface area contributed by atoms with Gasteiger partial charge in [-0.15, -0.1) is 0 Å². The van der Waals surface area contributed by atoms with Crippen molar-refractivity contribution in [3.05, 3.63) is 65.4 Å². The molecule has 0 aliphatic rings. The molecule has 29 heavy (non-hydrogen) atoms. The average molecular weight is 407 g/mol. The highest BCUT2D eigenvalue weighted by molar-refractivity contribution is 6.04. The van der Waals surface area contributed by atoms with E-state index < -0.39 is 29.3 Å². The van der Waals surface area contributed by atoms with E-state index in [0.29, 0.717) is 21.7 Å². The minimum Gasteiger partial charge on any atom is -0.469 e. The number of esters is 1. The van der Waals surface area contributed by atoms with E-state index in [-0.39, 0.29) is 12.3 Å². The van der Waals surface area contributed by atoms with Crippen LogP contribution in [0.15, 0.2) is 47.2 Å². The molecule has 1 amide bonds. The molecule has 10 heteroatoms. The zero-order valence-corrected chi connectivity index (χ0v) is 15.4. The quantitative estimate of drug-likeness (QED) is 0.640. The van der Waals surface area contributed by atoms with Crippen molar-refractivity contribution in [1.82, 2.24) is 9.78 Å². The third-order valence-electron chi connectivity index (χ3n) is 4.01. The highest BCUT2D eigenvalue weighted by atomic mass is 19.4. The monoisotopic (exact) mass is 407 g/mol. The van der Waals surface area contributed by atoms with Crippen molar-refractivity contribution in [3.8, 4) is 5.69 Å². The number of anilines is 1. The summed E-state index contributed by atoms with van der Waals surface area (Å²) in [5, 5.41) is 6.32. The van der Waals surface area contributed by atoms with E-state index in [1.54, 1.807) is 6.92 Å². The molecule has 152 valence electrons. The molecule has 1 aromatic carbocycles. The number of rotatable bonds is 5. The van der Waals surface area contributed by atoms with Crippen LogP contribution in [0.5, 0.6) is 0 Å². The minimum atomic E-state index is -4.83. The lowest BCUT2D eigenvalue weighted by Gasteiger charge is -2.13. The van der Waals surface area contributed by atoms with Gasteiger partial charge in [-0.3, -0.25) is 4.79 Å². The molecule has 0 fully saturated rings. The van der Waals surface area contributed by atoms with E-state index >= 15 is 0 Å². The second-order valence-electron chi connectivity index (χ2n) is 5.93. The van der Waals surface area contributed by atoms with Gasteiger partial charge in [-0.1, -0.05) is 0 Å². The summed E-state index contributed by atoms with van der Waals surface area (Å²) in [6.07, 6.45) is -2.63. The highest BCUT2D eigenvalue weighted by Gasteiger charge is 2.41. The molecule has 0 aliphatic heterocycles. The van der Waals surface area contributed by atoms with Crippen LogP contribution in [-0.4, -0.2) is 28.3 Å². The summed E-state index contributed by atoms with van der Waals surface area (Å²) in [5.74, 6) is -1.08. The first-order valence-corrected chi connectivity index (χ1v) is 8.50. The summed E-state index contributed by atoms with van der Waals surface area (Å²) in [6.45, 7) is 3.06. The molecule has 2 heterocycles. The molecule has 1 N–H and O–H groups in total. The third kappa shape index (κ3) is 4.15. The van der Waals surface area contributed by atoms with Gasteiger partial charge in [0.25, 0.3) is 5.91 Å². The Kier molecular flexibility index (Phi) is 5.44. The zero-order valence-electron chi connectivity index (χ0n) is 15.4. The number of alkyl halides is 3. The lowest BCUT2D eigenvalue weighted by Crippen LogP contribution is -2.18. The maximum Gasteiger partial charge on any atom is 0.434 e. The number of hydrogen-bond donors (Lipinski definition) is 1. The number of hydrogen-bond acceptors (Lipinski definition) is 5. The molecular weight excluding hydrogens is 391 g/mol. The number of carbonyl (C=O) groups is 2. The first kappa shape index (κ1) is 20.2. The maximum absolute atomic E-state index is 13.5. The summed E-state index contributed by atoms with van der Waals surface area (Å²) in [4.78, 5) is 24.0. The highest BCUT2D eigenvalue weighted by Crippen LogP contribution is 2.34. The van der Waals surface area contributed by atoms with Crippen LogP contribution in [0.2, 0.25) is 0 Å². The fourth-order valence-electron chi connectivity index (χ4n) is 2.68. The molecule has 3 aromatic rings. The van der Waals surface area contributed by atoms with Crippen molar-refractivity contribution < 1.29 is 31.9 Å². The van der Waals surface area contributed by atoms with Gasteiger partial charge in [-0.2, -0.15) is 18.3 Å². The number of aryl methyl sites for hydroxylation is 1. The minimum absolute atomic E-state index is 0.0605. The van der Waals surface area contributed by atoms with Gasteiger partial charge >= 0.3 is 12.1 Å². The predicted molar refractivity (Wildman–Crippen MR) is 95.9 cm³/mol. The molecule has 7 nitrogen and oxygen atoms in total. The Morgan fingerprint density at radius 1 is 1.17 bits per heavy atom. The normalized spacial score (nSPS) is 11.3. The van der Waals surface area contributed by atoms with Crippen LogP contribution < -0.4 is 5.32 Å². The summed E-state index contributed by atoms with van der Waals surface area (Å²) >= 11 is 0. The van der Waals surface area contributed by atoms with Crippen molar-refractivity contribution >= 4 is 17.6 Å². The van der Waals surface area contributed by atoms with Gasteiger partial charge in [0.2, 0.25) is 0 Å². The zero-order chi connectivity index (χ0) is 21.2. The Hall–Kier alpha value is -3.56. The van der Waals surface area contributed by atoms with Crippen molar-refractivity contribution in [2.75, 3.05) is 11.9 Å². The molecule has 2 aromatic heterocycles. The van der Waals surface area contributed by atoms with Crippen LogP contribution in [-0.2, 0) is 10.9 Å². The van der Waals surface area contributed by atoms with E-state index in [1.165, 1.54) is 43.5 Å². The molecule has 0 bridgehead atoms. The summed E-state index contributed by atoms with van der Waals surface area (Å²) in [7, 11) is 0. The van der Waals surface area contributed by atoms with Gasteiger partial charge in [0.05, 0.1) is 30.3 Å². The first-order chi connectivity index (χ1) is 13.7. The Labute approximate surface area is 163 Å². The Morgan fingerprint density at radius 3 is 2.41 bits per heavy atom. The van der Waals surface area contributed by atoms with E-state index in [4.69, 9.17) is 4.42 Å². The van der Waals surface area contributed by atoms with Crippen molar-refractivity contribution in [2.45, 2.75) is 20.0 Å². The summed E-state index contributed by atoms with van der Waals surface area (Å²) < 4.78 is 51.0. The van der Waals surface area contributed by atoms with Gasteiger partial charge in [0, 0.05) is 5.69 Å². The summed E-state index contributed by atoms with van der Waals surface area (Å²) in [5.41, 5.74) is -1.13. The molecule has 0 spiro atoms. The van der Waals surface area contributed by atoms with Crippen molar-refractivity contribution in [3.63, 3.8) is 0 Å². The Morgan fingerprint density at radius 2 is 1.86 bits per heavy atom. The van der Waals surface area contributed by atoms with Gasteiger partial charge < -0.3 is 14.5 Å². The Balaban J connectivity index is 1.89. The lowest BCUT2D eigenvalue weighted by atomic mass is 10.2. The fraction of sp³-hybridized carbons (Fsp3) is 0.211. The number of nitrogens with zero attached hydrogens (tertiary/aromatic N) is 2. The number of nitrogens with one attached hydrogen (secondary N) is 1. The van der Waals surface area contributed by atoms with Crippen LogP contribution in [0.4, 0.5) is 18.9 Å². The van der Waals surface area contributed by atoms with Crippen LogP contribution in [0.1, 0.15) is 39.1 Å². The molecule has 0 aliphatic carbocycles. The summed E-state index contributed by atoms with van der Waals surface area (Å²) in [6, 6.07) is 7.04. The molecule has 0 atom stereocenters. The third-order valence-corrected chi connectivity index (χ3v) is 4.01. The predicted octanol–water partition coefficient (Wildman–Crippen LogP) is 4.22. The largest absolute Gasteiger partial charge is 0.469 e. The number of amides is 1. The first-order valence-electron chi connectivity index (χ1n) is 8.50. The molecule has 3 rings (SSSR count). The van der Waals surface area contributed by atoms with E-state index in [9.17, 15) is 22.8 Å². The van der Waals surface area contributed by atoms with Crippen LogP contribution >= 0.6 is 0 Å². The number of benzene rings is 1. The van der Waals surface area contributed by atoms with E-state index in [2.05, 4.69) is 15.2 Å².